The van der Waals surface area contributed by atoms with Crippen molar-refractivity contribution in [2.24, 2.45) is 17.8 Å². The Labute approximate surface area is 120 Å². The maximum Gasteiger partial charge on any atom is 0.0243 e. The maximum absolute atomic E-state index is 3.75. The zero-order valence-corrected chi connectivity index (χ0v) is 13.5. The quantitative estimate of drug-likeness (QED) is 0.791. The van der Waals surface area contributed by atoms with Crippen LogP contribution in [0.1, 0.15) is 59.8 Å². The highest BCUT2D eigenvalue weighted by atomic mass is 15.2. The molecular weight excluding hydrogens is 232 g/mol. The summed E-state index contributed by atoms with van der Waals surface area (Å²) in [5.41, 5.74) is 0. The average Bonchev–Trinajstić information content (AvgIpc) is 3.14. The van der Waals surface area contributed by atoms with Crippen LogP contribution in [0, 0.1) is 17.8 Å². The first kappa shape index (κ1) is 15.3. The first-order chi connectivity index (χ1) is 9.08. The molecular formula is C17H34N2. The van der Waals surface area contributed by atoms with E-state index in [1.807, 2.05) is 0 Å². The van der Waals surface area contributed by atoms with Gasteiger partial charge < -0.3 is 5.32 Å². The van der Waals surface area contributed by atoms with E-state index in [4.69, 9.17) is 0 Å². The van der Waals surface area contributed by atoms with Gasteiger partial charge in [-0.15, -0.1) is 0 Å². The summed E-state index contributed by atoms with van der Waals surface area (Å²) >= 11 is 0. The summed E-state index contributed by atoms with van der Waals surface area (Å²) < 4.78 is 0. The number of rotatable bonds is 6. The van der Waals surface area contributed by atoms with Gasteiger partial charge in [0.05, 0.1) is 0 Å². The maximum atomic E-state index is 3.75. The molecule has 112 valence electrons. The lowest BCUT2D eigenvalue weighted by Gasteiger charge is -2.34. The lowest BCUT2D eigenvalue weighted by atomic mass is 9.89. The molecule has 1 N–H and O–H groups in total. The van der Waals surface area contributed by atoms with E-state index in [-0.39, 0.29) is 0 Å². The Morgan fingerprint density at radius 3 is 2.32 bits per heavy atom. The van der Waals surface area contributed by atoms with Gasteiger partial charge in [-0.2, -0.15) is 0 Å². The molecule has 0 radical (unpaired) electrons. The monoisotopic (exact) mass is 266 g/mol. The van der Waals surface area contributed by atoms with E-state index < -0.39 is 0 Å². The summed E-state index contributed by atoms with van der Waals surface area (Å²) in [6.45, 7) is 13.4. The largest absolute Gasteiger partial charge is 0.312 e. The first-order valence-corrected chi connectivity index (χ1v) is 8.55. The molecule has 1 saturated heterocycles. The second-order valence-electron chi connectivity index (χ2n) is 7.46. The van der Waals surface area contributed by atoms with Gasteiger partial charge in [0.15, 0.2) is 0 Å². The Bertz CT molecular complexity index is 258. The van der Waals surface area contributed by atoms with Gasteiger partial charge >= 0.3 is 0 Å². The van der Waals surface area contributed by atoms with Crippen LogP contribution in [0.25, 0.3) is 0 Å². The standard InChI is InChI=1S/C17H34N2/c1-13(2)15-6-5-10-19(11-9-15)17(14(3)4)12-18-16-7-8-16/h13-18H,5-12H2,1-4H3. The van der Waals surface area contributed by atoms with Crippen LogP contribution >= 0.6 is 0 Å². The Hall–Kier alpha value is -0.0800. The van der Waals surface area contributed by atoms with Crippen molar-refractivity contribution < 1.29 is 0 Å². The zero-order chi connectivity index (χ0) is 13.8. The Kier molecular flexibility index (Phi) is 5.70. The minimum atomic E-state index is 0.742. The van der Waals surface area contributed by atoms with Crippen LogP contribution in [0.5, 0.6) is 0 Å². The normalized spacial score (nSPS) is 27.8. The van der Waals surface area contributed by atoms with Gasteiger partial charge in [0.25, 0.3) is 0 Å². The van der Waals surface area contributed by atoms with E-state index in [1.165, 1.54) is 51.7 Å². The van der Waals surface area contributed by atoms with Crippen LogP contribution in [-0.4, -0.2) is 36.6 Å². The lowest BCUT2D eigenvalue weighted by Crippen LogP contribution is -2.46. The Morgan fingerprint density at radius 2 is 1.74 bits per heavy atom. The third-order valence-corrected chi connectivity index (χ3v) is 5.18. The number of likely N-dealkylation sites (tertiary alicyclic amines) is 1. The summed E-state index contributed by atoms with van der Waals surface area (Å²) in [5.74, 6) is 2.58. The van der Waals surface area contributed by atoms with E-state index in [9.17, 15) is 0 Å². The van der Waals surface area contributed by atoms with Gasteiger partial charge in [0, 0.05) is 18.6 Å². The van der Waals surface area contributed by atoms with Gasteiger partial charge in [0.1, 0.15) is 0 Å². The molecule has 19 heavy (non-hydrogen) atoms. The van der Waals surface area contributed by atoms with Gasteiger partial charge in [-0.3, -0.25) is 4.90 Å². The SMILES string of the molecule is CC(C)C1CCCN(C(CNC2CC2)C(C)C)CC1. The first-order valence-electron chi connectivity index (χ1n) is 8.55. The molecule has 0 amide bonds. The van der Waals surface area contributed by atoms with Crippen molar-refractivity contribution in [3.63, 3.8) is 0 Å². The van der Waals surface area contributed by atoms with Crippen molar-refractivity contribution >= 4 is 0 Å². The van der Waals surface area contributed by atoms with Crippen molar-refractivity contribution in [2.45, 2.75) is 71.9 Å². The molecule has 1 saturated carbocycles. The summed E-state index contributed by atoms with van der Waals surface area (Å²) in [6, 6.07) is 1.59. The van der Waals surface area contributed by atoms with E-state index in [1.54, 1.807) is 0 Å². The van der Waals surface area contributed by atoms with Crippen molar-refractivity contribution in [2.75, 3.05) is 19.6 Å². The van der Waals surface area contributed by atoms with Crippen LogP contribution < -0.4 is 5.32 Å². The van der Waals surface area contributed by atoms with Crippen LogP contribution in [0.2, 0.25) is 0 Å². The summed E-state index contributed by atoms with van der Waals surface area (Å²) in [5, 5.41) is 3.75. The number of nitrogens with one attached hydrogen (secondary N) is 1. The average molecular weight is 266 g/mol. The molecule has 0 bridgehead atoms. The van der Waals surface area contributed by atoms with Gasteiger partial charge in [-0.1, -0.05) is 27.7 Å². The topological polar surface area (TPSA) is 15.3 Å². The molecule has 1 aliphatic carbocycles. The minimum absolute atomic E-state index is 0.742. The van der Waals surface area contributed by atoms with Crippen molar-refractivity contribution in [1.82, 2.24) is 10.2 Å². The highest BCUT2D eigenvalue weighted by Gasteiger charge is 2.28. The molecule has 2 atom stereocenters. The summed E-state index contributed by atoms with van der Waals surface area (Å²) in [7, 11) is 0. The minimum Gasteiger partial charge on any atom is -0.312 e. The van der Waals surface area contributed by atoms with Crippen molar-refractivity contribution in [3.8, 4) is 0 Å². The fourth-order valence-corrected chi connectivity index (χ4v) is 3.50. The number of hydrogen-bond donors (Lipinski definition) is 1. The highest BCUT2D eigenvalue weighted by Crippen LogP contribution is 2.27. The molecule has 2 unspecified atom stereocenters. The Morgan fingerprint density at radius 1 is 1.00 bits per heavy atom. The highest BCUT2D eigenvalue weighted by molar-refractivity contribution is 4.86. The van der Waals surface area contributed by atoms with E-state index in [2.05, 4.69) is 37.9 Å². The molecule has 2 aliphatic rings. The molecule has 0 aromatic heterocycles. The Balaban J connectivity index is 1.85. The van der Waals surface area contributed by atoms with Crippen LogP contribution in [-0.2, 0) is 0 Å². The molecule has 0 aromatic carbocycles. The van der Waals surface area contributed by atoms with Gasteiger partial charge in [0.2, 0.25) is 0 Å². The molecule has 2 rings (SSSR count). The van der Waals surface area contributed by atoms with Crippen LogP contribution in [0.15, 0.2) is 0 Å². The fourth-order valence-electron chi connectivity index (χ4n) is 3.50. The lowest BCUT2D eigenvalue weighted by molar-refractivity contribution is 0.153. The smallest absolute Gasteiger partial charge is 0.0243 e. The molecule has 1 aliphatic heterocycles. The molecule has 2 fully saturated rings. The second kappa shape index (κ2) is 7.08. The van der Waals surface area contributed by atoms with E-state index in [0.717, 1.165) is 29.8 Å². The molecule has 2 heteroatoms. The summed E-state index contributed by atoms with van der Waals surface area (Å²) in [6.07, 6.45) is 7.05. The van der Waals surface area contributed by atoms with Crippen LogP contribution in [0.3, 0.4) is 0 Å². The second-order valence-corrected chi connectivity index (χ2v) is 7.46. The van der Waals surface area contributed by atoms with Gasteiger partial charge in [-0.05, 0) is 62.9 Å². The molecule has 0 aromatic rings. The van der Waals surface area contributed by atoms with Crippen LogP contribution in [0.4, 0.5) is 0 Å². The van der Waals surface area contributed by atoms with E-state index in [0.29, 0.717) is 0 Å². The molecule has 0 spiro atoms. The molecule has 1 heterocycles. The van der Waals surface area contributed by atoms with Crippen molar-refractivity contribution in [1.29, 1.82) is 0 Å². The van der Waals surface area contributed by atoms with E-state index >= 15 is 0 Å². The van der Waals surface area contributed by atoms with Gasteiger partial charge in [-0.25, -0.2) is 0 Å². The number of hydrogen-bond acceptors (Lipinski definition) is 2. The fraction of sp³-hybridized carbons (Fsp3) is 1.00. The number of nitrogens with zero attached hydrogens (tertiary/aromatic N) is 1. The van der Waals surface area contributed by atoms with Crippen molar-refractivity contribution in [3.05, 3.63) is 0 Å². The summed E-state index contributed by atoms with van der Waals surface area (Å²) in [4.78, 5) is 2.78. The predicted octanol–water partition coefficient (Wildman–Crippen LogP) is 3.52. The third kappa shape index (κ3) is 4.75. The molecule has 2 nitrogen and oxygen atoms in total. The third-order valence-electron chi connectivity index (χ3n) is 5.18. The predicted molar refractivity (Wildman–Crippen MR) is 83.4 cm³/mol. The zero-order valence-electron chi connectivity index (χ0n) is 13.5.